The van der Waals surface area contributed by atoms with E-state index < -0.39 is 0 Å². The highest BCUT2D eigenvalue weighted by Crippen LogP contribution is 2.34. The summed E-state index contributed by atoms with van der Waals surface area (Å²) in [4.78, 5) is 25.1. The molecular weight excluding hydrogens is 390 g/mol. The largest absolute Gasteiger partial charge is 0.298 e. The standard InChI is InChI=1S/C24H23N5O2/c1-3-4-9-17-14-16(2)21(15-30)24(31)29(17)22-13-8-7-11-19(22)18-10-5-6-12-20(18)23-25-27-28-26-23/h5-8,10-15H,3-4,9H2,1-2H3,(H,25,26,27,28). The summed E-state index contributed by atoms with van der Waals surface area (Å²) in [6.45, 7) is 3.92. The molecule has 2 heterocycles. The Bertz CT molecular complexity index is 1280. The average Bonchev–Trinajstić information content (AvgIpc) is 3.33. The number of rotatable bonds is 7. The second-order valence-corrected chi connectivity index (χ2v) is 7.39. The summed E-state index contributed by atoms with van der Waals surface area (Å²) in [5, 5.41) is 14.4. The minimum absolute atomic E-state index is 0.182. The number of nitrogens with one attached hydrogen (secondary N) is 1. The third-order valence-electron chi connectivity index (χ3n) is 5.38. The number of carbonyl (C=O) groups is 1. The van der Waals surface area contributed by atoms with Crippen LogP contribution in [0.2, 0.25) is 0 Å². The van der Waals surface area contributed by atoms with Gasteiger partial charge in [-0.3, -0.25) is 14.2 Å². The summed E-state index contributed by atoms with van der Waals surface area (Å²) in [6, 6.07) is 17.4. The van der Waals surface area contributed by atoms with E-state index in [-0.39, 0.29) is 11.1 Å². The maximum atomic E-state index is 13.4. The summed E-state index contributed by atoms with van der Waals surface area (Å²) in [5.41, 5.74) is 4.72. The predicted molar refractivity (Wildman–Crippen MR) is 119 cm³/mol. The molecule has 0 saturated carbocycles. The Labute approximate surface area is 179 Å². The number of unbranched alkanes of at least 4 members (excludes halogenated alkanes) is 1. The van der Waals surface area contributed by atoms with E-state index in [0.29, 0.717) is 17.7 Å². The number of aromatic nitrogens is 5. The molecule has 31 heavy (non-hydrogen) atoms. The predicted octanol–water partition coefficient (Wildman–Crippen LogP) is 4.15. The highest BCUT2D eigenvalue weighted by atomic mass is 16.1. The molecule has 0 bridgehead atoms. The molecule has 4 rings (SSSR count). The van der Waals surface area contributed by atoms with E-state index in [9.17, 15) is 9.59 Å². The van der Waals surface area contributed by atoms with Gasteiger partial charge in [-0.25, -0.2) is 0 Å². The molecule has 2 aromatic heterocycles. The van der Waals surface area contributed by atoms with Gasteiger partial charge >= 0.3 is 0 Å². The molecular formula is C24H23N5O2. The zero-order valence-electron chi connectivity index (χ0n) is 17.5. The lowest BCUT2D eigenvalue weighted by Gasteiger charge is -2.19. The quantitative estimate of drug-likeness (QED) is 0.460. The van der Waals surface area contributed by atoms with E-state index in [0.717, 1.165) is 47.3 Å². The van der Waals surface area contributed by atoms with E-state index >= 15 is 0 Å². The third kappa shape index (κ3) is 3.82. The molecule has 7 heteroatoms. The fourth-order valence-corrected chi connectivity index (χ4v) is 3.85. The van der Waals surface area contributed by atoms with Crippen molar-refractivity contribution in [2.75, 3.05) is 0 Å². The number of aromatic amines is 1. The van der Waals surface area contributed by atoms with Crippen molar-refractivity contribution in [1.29, 1.82) is 0 Å². The van der Waals surface area contributed by atoms with Gasteiger partial charge in [0.15, 0.2) is 6.29 Å². The Morgan fingerprint density at radius 1 is 1.03 bits per heavy atom. The number of carbonyl (C=O) groups excluding carboxylic acids is 1. The average molecular weight is 413 g/mol. The van der Waals surface area contributed by atoms with Gasteiger partial charge in [-0.1, -0.05) is 55.8 Å². The lowest BCUT2D eigenvalue weighted by Crippen LogP contribution is -2.27. The minimum Gasteiger partial charge on any atom is -0.298 e. The first-order valence-corrected chi connectivity index (χ1v) is 10.3. The highest BCUT2D eigenvalue weighted by Gasteiger charge is 2.19. The van der Waals surface area contributed by atoms with Gasteiger partial charge in [-0.05, 0) is 48.2 Å². The van der Waals surface area contributed by atoms with Crippen molar-refractivity contribution >= 4 is 6.29 Å². The van der Waals surface area contributed by atoms with Crippen LogP contribution in [0.15, 0.2) is 59.4 Å². The van der Waals surface area contributed by atoms with Crippen molar-refractivity contribution in [1.82, 2.24) is 25.2 Å². The number of aldehydes is 1. The Morgan fingerprint density at radius 3 is 2.42 bits per heavy atom. The zero-order chi connectivity index (χ0) is 21.8. The molecule has 7 nitrogen and oxygen atoms in total. The summed E-state index contributed by atoms with van der Waals surface area (Å²) < 4.78 is 1.68. The number of H-pyrrole nitrogens is 1. The first-order valence-electron chi connectivity index (χ1n) is 10.3. The molecule has 0 amide bonds. The van der Waals surface area contributed by atoms with E-state index in [1.807, 2.05) is 61.5 Å². The Kier molecular flexibility index (Phi) is 5.84. The summed E-state index contributed by atoms with van der Waals surface area (Å²) >= 11 is 0. The molecule has 0 unspecified atom stereocenters. The number of benzene rings is 2. The fraction of sp³-hybridized carbons (Fsp3) is 0.208. The van der Waals surface area contributed by atoms with Crippen LogP contribution in [0.3, 0.4) is 0 Å². The van der Waals surface area contributed by atoms with Crippen LogP contribution in [0.4, 0.5) is 0 Å². The van der Waals surface area contributed by atoms with E-state index in [2.05, 4.69) is 27.5 Å². The van der Waals surface area contributed by atoms with Gasteiger partial charge < -0.3 is 0 Å². The molecule has 0 radical (unpaired) electrons. The topological polar surface area (TPSA) is 93.5 Å². The van der Waals surface area contributed by atoms with Crippen LogP contribution in [-0.4, -0.2) is 31.5 Å². The molecule has 0 aliphatic heterocycles. The molecule has 0 aliphatic carbocycles. The SMILES string of the molecule is CCCCc1cc(C)c(C=O)c(=O)n1-c1ccccc1-c1ccccc1-c1nn[nH]n1. The van der Waals surface area contributed by atoms with Crippen molar-refractivity contribution in [2.45, 2.75) is 33.1 Å². The van der Waals surface area contributed by atoms with Gasteiger partial charge in [0.2, 0.25) is 5.82 Å². The van der Waals surface area contributed by atoms with Crippen molar-refractivity contribution < 1.29 is 4.79 Å². The number of nitrogens with zero attached hydrogens (tertiary/aromatic N) is 4. The van der Waals surface area contributed by atoms with Crippen LogP contribution in [0.5, 0.6) is 0 Å². The molecule has 2 aromatic carbocycles. The lowest BCUT2D eigenvalue weighted by atomic mass is 9.97. The number of hydrogen-bond donors (Lipinski definition) is 1. The normalized spacial score (nSPS) is 10.9. The number of hydrogen-bond acceptors (Lipinski definition) is 5. The molecule has 0 fully saturated rings. The Hall–Kier alpha value is -3.87. The first-order chi connectivity index (χ1) is 15.2. The van der Waals surface area contributed by atoms with Crippen molar-refractivity contribution in [3.8, 4) is 28.2 Å². The fourth-order valence-electron chi connectivity index (χ4n) is 3.85. The molecule has 0 saturated heterocycles. The van der Waals surface area contributed by atoms with Gasteiger partial charge in [0.1, 0.15) is 0 Å². The van der Waals surface area contributed by atoms with Gasteiger partial charge in [-0.2, -0.15) is 5.21 Å². The summed E-state index contributed by atoms with van der Waals surface area (Å²) in [7, 11) is 0. The van der Waals surface area contributed by atoms with Crippen LogP contribution in [0.25, 0.3) is 28.2 Å². The maximum absolute atomic E-state index is 13.4. The number of para-hydroxylation sites is 1. The third-order valence-corrected chi connectivity index (χ3v) is 5.38. The monoisotopic (exact) mass is 413 g/mol. The maximum Gasteiger partial charge on any atom is 0.266 e. The molecule has 0 spiro atoms. The molecule has 0 aliphatic rings. The molecule has 1 N–H and O–H groups in total. The van der Waals surface area contributed by atoms with Crippen LogP contribution in [0, 0.1) is 6.92 Å². The Balaban J connectivity index is 2.00. The van der Waals surface area contributed by atoms with Crippen LogP contribution < -0.4 is 5.56 Å². The van der Waals surface area contributed by atoms with E-state index in [4.69, 9.17) is 0 Å². The van der Waals surface area contributed by atoms with E-state index in [1.165, 1.54) is 0 Å². The second kappa shape index (κ2) is 8.87. The van der Waals surface area contributed by atoms with Gasteiger partial charge in [-0.15, -0.1) is 10.2 Å². The van der Waals surface area contributed by atoms with Crippen molar-refractivity contribution in [2.24, 2.45) is 0 Å². The van der Waals surface area contributed by atoms with Crippen molar-refractivity contribution in [3.05, 3.63) is 81.8 Å². The van der Waals surface area contributed by atoms with Crippen LogP contribution in [-0.2, 0) is 6.42 Å². The van der Waals surface area contributed by atoms with Crippen LogP contribution >= 0.6 is 0 Å². The van der Waals surface area contributed by atoms with Crippen LogP contribution in [0.1, 0.15) is 41.4 Å². The summed E-state index contributed by atoms with van der Waals surface area (Å²) in [6.07, 6.45) is 3.34. The number of pyridine rings is 1. The molecule has 4 aromatic rings. The van der Waals surface area contributed by atoms with Gasteiger partial charge in [0, 0.05) is 16.8 Å². The zero-order valence-corrected chi connectivity index (χ0v) is 17.5. The molecule has 156 valence electrons. The van der Waals surface area contributed by atoms with Gasteiger partial charge in [0.25, 0.3) is 5.56 Å². The van der Waals surface area contributed by atoms with E-state index in [1.54, 1.807) is 4.57 Å². The minimum atomic E-state index is -0.300. The van der Waals surface area contributed by atoms with Gasteiger partial charge in [0.05, 0.1) is 11.3 Å². The first kappa shape index (κ1) is 20.4. The number of aryl methyl sites for hydroxylation is 2. The number of tetrazole rings is 1. The highest BCUT2D eigenvalue weighted by molar-refractivity contribution is 5.85. The lowest BCUT2D eigenvalue weighted by molar-refractivity contribution is 0.112. The van der Waals surface area contributed by atoms with Crippen molar-refractivity contribution in [3.63, 3.8) is 0 Å². The smallest absolute Gasteiger partial charge is 0.266 e. The second-order valence-electron chi connectivity index (χ2n) is 7.39. The molecule has 0 atom stereocenters. The summed E-state index contributed by atoms with van der Waals surface area (Å²) in [5.74, 6) is 0.474. The Morgan fingerprint density at radius 2 is 1.74 bits per heavy atom.